The van der Waals surface area contributed by atoms with Gasteiger partial charge in [0.05, 0.1) is 5.69 Å². The fourth-order valence-corrected chi connectivity index (χ4v) is 4.94. The molecule has 1 aromatic heterocycles. The molecule has 1 N–H and O–H groups in total. The van der Waals surface area contributed by atoms with Crippen LogP contribution in [-0.4, -0.2) is 51.6 Å². The molecule has 0 spiro atoms. The molecule has 3 heterocycles. The van der Waals surface area contributed by atoms with E-state index in [0.717, 1.165) is 42.2 Å². The molecule has 1 aromatic carbocycles. The van der Waals surface area contributed by atoms with Crippen molar-refractivity contribution in [2.75, 3.05) is 13.1 Å². The number of piperidine rings is 1. The quantitative estimate of drug-likeness (QED) is 0.630. The molecule has 1 atom stereocenters. The number of fused-ring (bicyclic) bond motifs is 1. The Morgan fingerprint density at radius 2 is 1.97 bits per heavy atom. The molecule has 33 heavy (non-hydrogen) atoms. The van der Waals surface area contributed by atoms with E-state index in [-0.39, 0.29) is 24.1 Å². The van der Waals surface area contributed by atoms with E-state index < -0.39 is 6.04 Å². The van der Waals surface area contributed by atoms with Gasteiger partial charge in [0.2, 0.25) is 11.8 Å². The summed E-state index contributed by atoms with van der Waals surface area (Å²) < 4.78 is 0. The van der Waals surface area contributed by atoms with Crippen LogP contribution in [0.5, 0.6) is 0 Å². The number of nitrogens with one attached hydrogen (secondary N) is 1. The minimum atomic E-state index is -0.594. The van der Waals surface area contributed by atoms with Gasteiger partial charge in [0.1, 0.15) is 6.04 Å². The van der Waals surface area contributed by atoms with Crippen LogP contribution in [0.1, 0.15) is 60.5 Å². The normalized spacial score (nSPS) is 20.4. The maximum absolute atomic E-state index is 12.9. The van der Waals surface area contributed by atoms with Gasteiger partial charge in [0.15, 0.2) is 0 Å². The predicted octanol–water partition coefficient (Wildman–Crippen LogP) is 3.13. The number of imide groups is 1. The number of carbonyl (C=O) groups excluding carboxylic acids is 3. The van der Waals surface area contributed by atoms with Gasteiger partial charge in [-0.05, 0) is 73.5 Å². The minimum Gasteiger partial charge on any atom is -0.322 e. The molecule has 0 bridgehead atoms. The minimum absolute atomic E-state index is 0.150. The zero-order valence-corrected chi connectivity index (χ0v) is 19.0. The van der Waals surface area contributed by atoms with Crippen molar-refractivity contribution in [3.05, 3.63) is 53.2 Å². The maximum Gasteiger partial charge on any atom is 0.255 e. The number of benzene rings is 1. The third-order valence-corrected chi connectivity index (χ3v) is 6.80. The summed E-state index contributed by atoms with van der Waals surface area (Å²) in [6.45, 7) is 5.79. The third-order valence-electron chi connectivity index (χ3n) is 6.80. The molecule has 1 saturated carbocycles. The topological polar surface area (TPSA) is 82.6 Å². The summed E-state index contributed by atoms with van der Waals surface area (Å²) in [5, 5.41) is 2.35. The Morgan fingerprint density at radius 3 is 2.73 bits per heavy atom. The van der Waals surface area contributed by atoms with Crippen molar-refractivity contribution in [1.82, 2.24) is 20.1 Å². The third kappa shape index (κ3) is 4.69. The van der Waals surface area contributed by atoms with E-state index in [1.165, 1.54) is 24.9 Å². The Morgan fingerprint density at radius 1 is 1.12 bits per heavy atom. The van der Waals surface area contributed by atoms with Crippen LogP contribution in [0.2, 0.25) is 0 Å². The van der Waals surface area contributed by atoms with Crippen LogP contribution in [0, 0.1) is 5.92 Å². The molecule has 3 amide bonds. The van der Waals surface area contributed by atoms with Crippen LogP contribution in [0.15, 0.2) is 36.5 Å². The van der Waals surface area contributed by atoms with Crippen LogP contribution in [0.3, 0.4) is 0 Å². The highest BCUT2D eigenvalue weighted by Gasteiger charge is 2.39. The van der Waals surface area contributed by atoms with Gasteiger partial charge in [0.25, 0.3) is 5.91 Å². The highest BCUT2D eigenvalue weighted by Crippen LogP contribution is 2.32. The van der Waals surface area contributed by atoms with Crippen LogP contribution in [-0.2, 0) is 22.7 Å². The highest BCUT2D eigenvalue weighted by molar-refractivity contribution is 6.05. The van der Waals surface area contributed by atoms with Gasteiger partial charge in [-0.3, -0.25) is 29.6 Å². The van der Waals surface area contributed by atoms with E-state index in [9.17, 15) is 14.4 Å². The molecule has 172 valence electrons. The number of amides is 3. The molecule has 7 nitrogen and oxygen atoms in total. The molecule has 0 radical (unpaired) electrons. The highest BCUT2D eigenvalue weighted by atomic mass is 16.2. The predicted molar refractivity (Wildman–Crippen MR) is 124 cm³/mol. The lowest BCUT2D eigenvalue weighted by Crippen LogP contribution is -2.52. The summed E-state index contributed by atoms with van der Waals surface area (Å²) in [4.78, 5) is 45.4. The van der Waals surface area contributed by atoms with E-state index in [1.54, 1.807) is 4.90 Å². The summed E-state index contributed by atoms with van der Waals surface area (Å²) >= 11 is 0. The molecule has 1 aliphatic carbocycles. The van der Waals surface area contributed by atoms with Gasteiger partial charge in [-0.15, -0.1) is 0 Å². The summed E-state index contributed by atoms with van der Waals surface area (Å²) in [6.07, 6.45) is 6.34. The number of nitrogens with zero attached hydrogens (tertiary/aromatic N) is 3. The lowest BCUT2D eigenvalue weighted by atomic mass is 10.0. The standard InChI is InChI=1S/C26H30N4O3/c1-2-11-29(14-17-3-4-17)15-18-9-10-27-22(12-18)19-5-6-21-20(13-19)16-30(26(21)33)23-7-8-24(31)28-25(23)32/h5-6,9-10,12-13,17,23H,2-4,7-8,11,14-16H2,1H3,(H,28,31,32). The van der Waals surface area contributed by atoms with Crippen LogP contribution >= 0.6 is 0 Å². The monoisotopic (exact) mass is 446 g/mol. The average molecular weight is 447 g/mol. The maximum atomic E-state index is 12.9. The molecule has 5 rings (SSSR count). The van der Waals surface area contributed by atoms with Gasteiger partial charge in [-0.2, -0.15) is 0 Å². The van der Waals surface area contributed by atoms with Crippen molar-refractivity contribution >= 4 is 17.7 Å². The van der Waals surface area contributed by atoms with Crippen molar-refractivity contribution < 1.29 is 14.4 Å². The Hall–Kier alpha value is -3.06. The van der Waals surface area contributed by atoms with Gasteiger partial charge >= 0.3 is 0 Å². The first-order valence-corrected chi connectivity index (χ1v) is 12.0. The van der Waals surface area contributed by atoms with Crippen LogP contribution in [0.4, 0.5) is 0 Å². The number of aromatic nitrogens is 1. The number of rotatable bonds is 8. The van der Waals surface area contributed by atoms with E-state index in [1.807, 2.05) is 24.4 Å². The van der Waals surface area contributed by atoms with Gasteiger partial charge < -0.3 is 4.90 Å². The van der Waals surface area contributed by atoms with Crippen LogP contribution < -0.4 is 5.32 Å². The number of pyridine rings is 1. The van der Waals surface area contributed by atoms with E-state index in [0.29, 0.717) is 18.5 Å². The molecular formula is C26H30N4O3. The smallest absolute Gasteiger partial charge is 0.255 e. The molecule has 2 aliphatic heterocycles. The largest absolute Gasteiger partial charge is 0.322 e. The summed E-state index contributed by atoms with van der Waals surface area (Å²) in [7, 11) is 0. The van der Waals surface area contributed by atoms with Crippen molar-refractivity contribution in [3.63, 3.8) is 0 Å². The Labute approximate surface area is 194 Å². The Kier molecular flexibility index (Phi) is 5.98. The second-order valence-corrected chi connectivity index (χ2v) is 9.50. The van der Waals surface area contributed by atoms with Crippen molar-refractivity contribution in [1.29, 1.82) is 0 Å². The molecule has 1 unspecified atom stereocenters. The van der Waals surface area contributed by atoms with Gasteiger partial charge in [-0.25, -0.2) is 0 Å². The second-order valence-electron chi connectivity index (χ2n) is 9.50. The molecule has 2 aromatic rings. The van der Waals surface area contributed by atoms with Crippen molar-refractivity contribution in [2.24, 2.45) is 5.92 Å². The van der Waals surface area contributed by atoms with E-state index in [2.05, 4.69) is 34.3 Å². The summed E-state index contributed by atoms with van der Waals surface area (Å²) in [6, 6.07) is 9.42. The zero-order chi connectivity index (χ0) is 22.9. The van der Waals surface area contributed by atoms with Gasteiger partial charge in [-0.1, -0.05) is 13.0 Å². The van der Waals surface area contributed by atoms with Crippen molar-refractivity contribution in [2.45, 2.75) is 58.2 Å². The van der Waals surface area contributed by atoms with Gasteiger partial charge in [0, 0.05) is 43.4 Å². The van der Waals surface area contributed by atoms with Crippen LogP contribution in [0.25, 0.3) is 11.3 Å². The number of carbonyl (C=O) groups is 3. The Balaban J connectivity index is 1.33. The zero-order valence-electron chi connectivity index (χ0n) is 19.0. The molecule has 1 saturated heterocycles. The first kappa shape index (κ1) is 21.8. The SMILES string of the molecule is CCCN(Cc1ccnc(-c2ccc3c(c2)CN(C2CCC(=O)NC2=O)C3=O)c1)CC1CC1. The lowest BCUT2D eigenvalue weighted by molar-refractivity contribution is -0.136. The summed E-state index contributed by atoms with van der Waals surface area (Å²) in [5.41, 5.74) is 4.63. The van der Waals surface area contributed by atoms with E-state index >= 15 is 0 Å². The fraction of sp³-hybridized carbons (Fsp3) is 0.462. The second kappa shape index (κ2) is 9.06. The lowest BCUT2D eigenvalue weighted by Gasteiger charge is -2.29. The fourth-order valence-electron chi connectivity index (χ4n) is 4.94. The molecule has 3 aliphatic rings. The van der Waals surface area contributed by atoms with Crippen molar-refractivity contribution in [3.8, 4) is 11.3 Å². The number of hydrogen-bond acceptors (Lipinski definition) is 5. The molecule has 7 heteroatoms. The molecular weight excluding hydrogens is 416 g/mol. The number of hydrogen-bond donors (Lipinski definition) is 1. The molecule has 2 fully saturated rings. The first-order chi connectivity index (χ1) is 16.0. The summed E-state index contributed by atoms with van der Waals surface area (Å²) in [5.74, 6) is 0.0515. The Bertz CT molecular complexity index is 1090. The average Bonchev–Trinajstić information content (AvgIpc) is 3.56. The van der Waals surface area contributed by atoms with E-state index in [4.69, 9.17) is 0 Å². The first-order valence-electron chi connectivity index (χ1n) is 12.0.